The van der Waals surface area contributed by atoms with Crippen LogP contribution < -0.4 is 0 Å². The number of rotatable bonds is 3. The molecule has 0 spiro atoms. The summed E-state index contributed by atoms with van der Waals surface area (Å²) in [5, 5.41) is 0.0897. The molecule has 0 radical (unpaired) electrons. The molecule has 1 aromatic carbocycles. The third-order valence-corrected chi connectivity index (χ3v) is 4.05. The van der Waals surface area contributed by atoms with E-state index in [1.165, 1.54) is 6.07 Å². The van der Waals surface area contributed by atoms with E-state index in [0.717, 1.165) is 25.7 Å². The predicted molar refractivity (Wildman–Crippen MR) is 66.7 cm³/mol. The van der Waals surface area contributed by atoms with Crippen molar-refractivity contribution in [2.45, 2.75) is 39.0 Å². The van der Waals surface area contributed by atoms with Crippen LogP contribution in [0.25, 0.3) is 0 Å². The minimum Gasteiger partial charge on any atom is -0.299 e. The van der Waals surface area contributed by atoms with Crippen molar-refractivity contribution in [2.24, 2.45) is 5.41 Å². The second-order valence-corrected chi connectivity index (χ2v) is 5.49. The van der Waals surface area contributed by atoms with Crippen molar-refractivity contribution in [2.75, 3.05) is 0 Å². The Morgan fingerprint density at radius 1 is 1.41 bits per heavy atom. The van der Waals surface area contributed by atoms with Crippen molar-refractivity contribution >= 4 is 17.4 Å². The van der Waals surface area contributed by atoms with E-state index in [1.807, 2.05) is 6.92 Å². The van der Waals surface area contributed by atoms with Crippen molar-refractivity contribution in [3.8, 4) is 0 Å². The molecule has 3 heteroatoms. The van der Waals surface area contributed by atoms with Crippen LogP contribution in [-0.4, -0.2) is 5.78 Å². The van der Waals surface area contributed by atoms with Gasteiger partial charge in [0.25, 0.3) is 0 Å². The number of carbonyl (C=O) groups is 1. The normalized spacial score (nSPS) is 18.3. The lowest BCUT2D eigenvalue weighted by Gasteiger charge is -2.21. The van der Waals surface area contributed by atoms with Gasteiger partial charge in [-0.1, -0.05) is 43.5 Å². The van der Waals surface area contributed by atoms with E-state index in [-0.39, 0.29) is 22.6 Å². The SMILES string of the molecule is CC1(C(=O)Cc2cccc(Cl)c2F)CCCC1. The van der Waals surface area contributed by atoms with E-state index >= 15 is 0 Å². The summed E-state index contributed by atoms with van der Waals surface area (Å²) in [5.74, 6) is -0.319. The first-order valence-electron chi connectivity index (χ1n) is 5.99. The molecule has 0 unspecified atom stereocenters. The molecule has 2 rings (SSSR count). The average molecular weight is 255 g/mol. The van der Waals surface area contributed by atoms with Crippen LogP contribution in [-0.2, 0) is 11.2 Å². The van der Waals surface area contributed by atoms with Crippen LogP contribution in [0.3, 0.4) is 0 Å². The smallest absolute Gasteiger partial charge is 0.145 e. The summed E-state index contributed by atoms with van der Waals surface area (Å²) >= 11 is 5.71. The number of ketones is 1. The molecule has 92 valence electrons. The summed E-state index contributed by atoms with van der Waals surface area (Å²) in [6.45, 7) is 1.99. The molecule has 0 saturated heterocycles. The minimum absolute atomic E-state index is 0.0897. The number of Topliss-reactive ketones (excluding diaryl/α,β-unsaturated/α-hetero) is 1. The van der Waals surface area contributed by atoms with Crippen molar-refractivity contribution < 1.29 is 9.18 Å². The largest absolute Gasteiger partial charge is 0.299 e. The summed E-state index contributed by atoms with van der Waals surface area (Å²) in [5.41, 5.74) is 0.157. The molecule has 0 aliphatic heterocycles. The first kappa shape index (κ1) is 12.6. The standard InChI is InChI=1S/C14H16ClFO/c1-14(7-2-3-8-14)12(17)9-10-5-4-6-11(15)13(10)16/h4-6H,2-3,7-9H2,1H3. The fourth-order valence-corrected chi connectivity index (χ4v) is 2.70. The maximum atomic E-state index is 13.7. The Morgan fingerprint density at radius 2 is 2.06 bits per heavy atom. The molecule has 0 bridgehead atoms. The summed E-state index contributed by atoms with van der Waals surface area (Å²) in [6, 6.07) is 4.82. The van der Waals surface area contributed by atoms with Gasteiger partial charge < -0.3 is 0 Å². The Labute approximate surface area is 106 Å². The number of carbonyl (C=O) groups excluding carboxylic acids is 1. The molecule has 1 saturated carbocycles. The van der Waals surface area contributed by atoms with Gasteiger partial charge in [-0.05, 0) is 24.5 Å². The highest BCUT2D eigenvalue weighted by molar-refractivity contribution is 6.30. The van der Waals surface area contributed by atoms with Crippen LogP contribution in [0, 0.1) is 11.2 Å². The van der Waals surface area contributed by atoms with Gasteiger partial charge in [-0.3, -0.25) is 4.79 Å². The van der Waals surface area contributed by atoms with E-state index in [4.69, 9.17) is 11.6 Å². The highest BCUT2D eigenvalue weighted by atomic mass is 35.5. The van der Waals surface area contributed by atoms with Gasteiger partial charge in [-0.15, -0.1) is 0 Å². The molecular formula is C14H16ClFO. The zero-order valence-corrected chi connectivity index (χ0v) is 10.7. The van der Waals surface area contributed by atoms with Gasteiger partial charge in [-0.25, -0.2) is 4.39 Å². The van der Waals surface area contributed by atoms with Gasteiger partial charge in [0, 0.05) is 11.8 Å². The monoisotopic (exact) mass is 254 g/mol. The molecule has 0 atom stereocenters. The van der Waals surface area contributed by atoms with Crippen molar-refractivity contribution in [3.05, 3.63) is 34.6 Å². The third-order valence-electron chi connectivity index (χ3n) is 3.76. The first-order chi connectivity index (χ1) is 8.03. The zero-order chi connectivity index (χ0) is 12.5. The molecule has 1 aromatic rings. The second-order valence-electron chi connectivity index (χ2n) is 5.08. The highest BCUT2D eigenvalue weighted by Gasteiger charge is 2.35. The lowest BCUT2D eigenvalue weighted by molar-refractivity contribution is -0.127. The molecule has 1 aliphatic carbocycles. The fraction of sp³-hybridized carbons (Fsp3) is 0.500. The van der Waals surface area contributed by atoms with Gasteiger partial charge in [-0.2, -0.15) is 0 Å². The van der Waals surface area contributed by atoms with Gasteiger partial charge in [0.1, 0.15) is 11.6 Å². The molecular weight excluding hydrogens is 239 g/mol. The molecule has 0 amide bonds. The van der Waals surface area contributed by atoms with Crippen molar-refractivity contribution in [3.63, 3.8) is 0 Å². The van der Waals surface area contributed by atoms with Crippen LogP contribution in [0.15, 0.2) is 18.2 Å². The van der Waals surface area contributed by atoms with Gasteiger partial charge in [0.15, 0.2) is 0 Å². The number of hydrogen-bond donors (Lipinski definition) is 0. The quantitative estimate of drug-likeness (QED) is 0.791. The minimum atomic E-state index is -0.455. The summed E-state index contributed by atoms with van der Waals surface area (Å²) in [4.78, 5) is 12.2. The Hall–Kier alpha value is -0.890. The van der Waals surface area contributed by atoms with Crippen molar-refractivity contribution in [1.29, 1.82) is 0 Å². The lowest BCUT2D eigenvalue weighted by atomic mass is 9.81. The Bertz CT molecular complexity index is 436. The van der Waals surface area contributed by atoms with Gasteiger partial charge in [0.2, 0.25) is 0 Å². The van der Waals surface area contributed by atoms with Crippen LogP contribution >= 0.6 is 11.6 Å². The van der Waals surface area contributed by atoms with E-state index in [2.05, 4.69) is 0 Å². The Kier molecular flexibility index (Phi) is 3.53. The first-order valence-corrected chi connectivity index (χ1v) is 6.37. The van der Waals surface area contributed by atoms with E-state index < -0.39 is 5.82 Å². The number of benzene rings is 1. The molecule has 1 fully saturated rings. The van der Waals surface area contributed by atoms with Crippen LogP contribution in [0.4, 0.5) is 4.39 Å². The number of hydrogen-bond acceptors (Lipinski definition) is 1. The van der Waals surface area contributed by atoms with E-state index in [9.17, 15) is 9.18 Å². The Morgan fingerprint density at radius 3 is 2.71 bits per heavy atom. The third kappa shape index (κ3) is 2.52. The summed E-state index contributed by atoms with van der Waals surface area (Å²) in [6.07, 6.45) is 4.20. The van der Waals surface area contributed by atoms with Crippen molar-refractivity contribution in [1.82, 2.24) is 0 Å². The average Bonchev–Trinajstić information content (AvgIpc) is 2.73. The summed E-state index contributed by atoms with van der Waals surface area (Å²) < 4.78 is 13.7. The van der Waals surface area contributed by atoms with Gasteiger partial charge >= 0.3 is 0 Å². The van der Waals surface area contributed by atoms with E-state index in [1.54, 1.807) is 12.1 Å². The maximum absolute atomic E-state index is 13.7. The van der Waals surface area contributed by atoms with Crippen LogP contribution in [0.2, 0.25) is 5.02 Å². The summed E-state index contributed by atoms with van der Waals surface area (Å²) in [7, 11) is 0. The molecule has 1 aliphatic rings. The molecule has 0 heterocycles. The molecule has 1 nitrogen and oxygen atoms in total. The maximum Gasteiger partial charge on any atom is 0.145 e. The zero-order valence-electron chi connectivity index (χ0n) is 9.93. The fourth-order valence-electron chi connectivity index (χ4n) is 2.51. The highest BCUT2D eigenvalue weighted by Crippen LogP contribution is 2.39. The predicted octanol–water partition coefficient (Wildman–Crippen LogP) is 4.17. The van der Waals surface area contributed by atoms with Crippen LogP contribution in [0.1, 0.15) is 38.2 Å². The topological polar surface area (TPSA) is 17.1 Å². The molecule has 0 aromatic heterocycles. The molecule has 0 N–H and O–H groups in total. The number of halogens is 2. The lowest BCUT2D eigenvalue weighted by Crippen LogP contribution is -2.26. The van der Waals surface area contributed by atoms with Crippen LogP contribution in [0.5, 0.6) is 0 Å². The second kappa shape index (κ2) is 4.77. The Balaban J connectivity index is 2.16. The van der Waals surface area contributed by atoms with Gasteiger partial charge in [0.05, 0.1) is 5.02 Å². The molecule has 17 heavy (non-hydrogen) atoms. The van der Waals surface area contributed by atoms with E-state index in [0.29, 0.717) is 5.56 Å².